The van der Waals surface area contributed by atoms with Crippen molar-refractivity contribution >= 4 is 40.1 Å². The molecule has 0 unspecified atom stereocenters. The van der Waals surface area contributed by atoms with Crippen LogP contribution in [0.15, 0.2) is 48.7 Å². The van der Waals surface area contributed by atoms with Crippen LogP contribution in [0, 0.1) is 10.1 Å². The van der Waals surface area contributed by atoms with Crippen LogP contribution in [0.4, 0.5) is 11.4 Å². The molecular formula is C22H22N4O7. The number of hydrogen-bond donors (Lipinski definition) is 3. The summed E-state index contributed by atoms with van der Waals surface area (Å²) in [5.41, 5.74) is 1.67. The minimum atomic E-state index is -0.997. The molecule has 33 heavy (non-hydrogen) atoms. The Hall–Kier alpha value is -4.41. The van der Waals surface area contributed by atoms with Crippen LogP contribution in [0.1, 0.15) is 12.5 Å². The number of hydrogen-bond acceptors (Lipinski definition) is 7. The molecule has 3 N–H and O–H groups in total. The summed E-state index contributed by atoms with van der Waals surface area (Å²) in [5, 5.41) is 16.8. The monoisotopic (exact) mass is 454 g/mol. The number of fused-ring (bicyclic) bond motifs is 1. The zero-order chi connectivity index (χ0) is 24.0. The SMILES string of the molecule is COc1cc([N+](=O)[O-])ccc1NC(=O)COC(=O)[C@H](Cc1c[nH]c2ccccc12)NC(C)=O. The Bertz CT molecular complexity index is 1200. The smallest absolute Gasteiger partial charge is 0.329 e. The maximum Gasteiger partial charge on any atom is 0.329 e. The van der Waals surface area contributed by atoms with E-state index < -0.39 is 35.4 Å². The Morgan fingerprint density at radius 2 is 1.94 bits per heavy atom. The van der Waals surface area contributed by atoms with E-state index in [0.29, 0.717) is 0 Å². The van der Waals surface area contributed by atoms with Gasteiger partial charge in [0.15, 0.2) is 6.61 Å². The number of carbonyl (C=O) groups excluding carboxylic acids is 3. The van der Waals surface area contributed by atoms with Gasteiger partial charge < -0.3 is 25.1 Å². The van der Waals surface area contributed by atoms with Crippen molar-refractivity contribution in [2.75, 3.05) is 19.0 Å². The highest BCUT2D eigenvalue weighted by atomic mass is 16.6. The van der Waals surface area contributed by atoms with E-state index >= 15 is 0 Å². The summed E-state index contributed by atoms with van der Waals surface area (Å²) in [6, 6.07) is 10.2. The molecule has 0 radical (unpaired) electrons. The van der Waals surface area contributed by atoms with Gasteiger partial charge in [0.25, 0.3) is 11.6 Å². The number of amides is 2. The Morgan fingerprint density at radius 1 is 1.18 bits per heavy atom. The fraction of sp³-hybridized carbons (Fsp3) is 0.227. The largest absolute Gasteiger partial charge is 0.494 e. The molecule has 2 amide bonds. The van der Waals surface area contributed by atoms with Gasteiger partial charge in [-0.2, -0.15) is 0 Å². The minimum absolute atomic E-state index is 0.0827. The fourth-order valence-electron chi connectivity index (χ4n) is 3.28. The second-order valence-electron chi connectivity index (χ2n) is 7.11. The third-order valence-corrected chi connectivity index (χ3v) is 4.78. The van der Waals surface area contributed by atoms with Gasteiger partial charge in [-0.25, -0.2) is 4.79 Å². The van der Waals surface area contributed by atoms with Gasteiger partial charge in [0.05, 0.1) is 23.8 Å². The third-order valence-electron chi connectivity index (χ3n) is 4.78. The van der Waals surface area contributed by atoms with E-state index in [-0.39, 0.29) is 23.5 Å². The van der Waals surface area contributed by atoms with Gasteiger partial charge in [0, 0.05) is 36.5 Å². The van der Waals surface area contributed by atoms with E-state index in [1.807, 2.05) is 24.3 Å². The third kappa shape index (κ3) is 5.85. The molecule has 11 nitrogen and oxygen atoms in total. The molecule has 0 saturated heterocycles. The molecule has 172 valence electrons. The first-order valence-electron chi connectivity index (χ1n) is 9.89. The Balaban J connectivity index is 1.64. The van der Waals surface area contributed by atoms with Gasteiger partial charge in [0.1, 0.15) is 11.8 Å². The lowest BCUT2D eigenvalue weighted by atomic mass is 10.0. The topological polar surface area (TPSA) is 153 Å². The van der Waals surface area contributed by atoms with Crippen LogP contribution >= 0.6 is 0 Å². The molecule has 0 aliphatic rings. The lowest BCUT2D eigenvalue weighted by molar-refractivity contribution is -0.384. The summed E-state index contributed by atoms with van der Waals surface area (Å²) in [5.74, 6) is -1.79. The minimum Gasteiger partial charge on any atom is -0.494 e. The number of non-ortho nitro benzene ring substituents is 1. The van der Waals surface area contributed by atoms with Crippen LogP contribution in [-0.2, 0) is 25.5 Å². The maximum atomic E-state index is 12.6. The van der Waals surface area contributed by atoms with E-state index in [4.69, 9.17) is 9.47 Å². The molecule has 3 aromatic rings. The quantitative estimate of drug-likeness (QED) is 0.255. The molecule has 0 bridgehead atoms. The zero-order valence-electron chi connectivity index (χ0n) is 17.9. The van der Waals surface area contributed by atoms with Crippen molar-refractivity contribution in [2.45, 2.75) is 19.4 Å². The summed E-state index contributed by atoms with van der Waals surface area (Å²) < 4.78 is 10.2. The number of para-hydroxylation sites is 1. The van der Waals surface area contributed by atoms with E-state index in [9.17, 15) is 24.5 Å². The van der Waals surface area contributed by atoms with E-state index in [0.717, 1.165) is 22.5 Å². The molecule has 1 aromatic heterocycles. The second-order valence-corrected chi connectivity index (χ2v) is 7.11. The molecule has 2 aromatic carbocycles. The Morgan fingerprint density at radius 3 is 2.64 bits per heavy atom. The molecule has 0 aliphatic carbocycles. The molecule has 0 saturated carbocycles. The first-order valence-corrected chi connectivity index (χ1v) is 9.89. The standard InChI is InChI=1S/C22H22N4O7/c1-13(27)24-19(9-14-11-23-17-6-4-3-5-16(14)17)22(29)33-12-21(28)25-18-8-7-15(26(30)31)10-20(18)32-2/h3-8,10-11,19,23H,9,12H2,1-2H3,(H,24,27)(H,25,28)/t19-/m0/s1. The van der Waals surface area contributed by atoms with Crippen LogP contribution in [0.5, 0.6) is 5.75 Å². The first-order chi connectivity index (χ1) is 15.8. The number of H-pyrrole nitrogens is 1. The number of methoxy groups -OCH3 is 1. The van der Waals surface area contributed by atoms with Crippen molar-refractivity contribution < 1.29 is 28.8 Å². The predicted molar refractivity (Wildman–Crippen MR) is 119 cm³/mol. The van der Waals surface area contributed by atoms with Crippen molar-refractivity contribution in [1.82, 2.24) is 10.3 Å². The number of aromatic nitrogens is 1. The molecular weight excluding hydrogens is 432 g/mol. The number of rotatable bonds is 9. The number of nitro benzene ring substituents is 1. The number of ether oxygens (including phenoxy) is 2. The number of carbonyl (C=O) groups is 3. The molecule has 0 spiro atoms. The average molecular weight is 454 g/mol. The summed E-state index contributed by atoms with van der Waals surface area (Å²) >= 11 is 0. The average Bonchev–Trinajstić information content (AvgIpc) is 3.19. The molecule has 0 fully saturated rings. The molecule has 1 heterocycles. The van der Waals surface area contributed by atoms with Crippen molar-refractivity contribution in [3.8, 4) is 5.75 Å². The highest BCUT2D eigenvalue weighted by Crippen LogP contribution is 2.29. The number of nitrogens with one attached hydrogen (secondary N) is 3. The molecule has 11 heteroatoms. The van der Waals surface area contributed by atoms with E-state index in [1.165, 1.54) is 26.2 Å². The Kier molecular flexibility index (Phi) is 7.24. The van der Waals surface area contributed by atoms with Gasteiger partial charge in [-0.1, -0.05) is 18.2 Å². The molecule has 0 aliphatic heterocycles. The lowest BCUT2D eigenvalue weighted by Gasteiger charge is -2.17. The summed E-state index contributed by atoms with van der Waals surface area (Å²) in [6.07, 6.45) is 1.92. The number of anilines is 1. The zero-order valence-corrected chi connectivity index (χ0v) is 17.9. The maximum absolute atomic E-state index is 12.6. The highest BCUT2D eigenvalue weighted by molar-refractivity contribution is 5.95. The number of benzene rings is 2. The number of esters is 1. The van der Waals surface area contributed by atoms with Crippen molar-refractivity contribution in [1.29, 1.82) is 0 Å². The number of aromatic amines is 1. The van der Waals surface area contributed by atoms with Crippen LogP contribution < -0.4 is 15.4 Å². The number of nitro groups is 1. The Labute approximate surface area is 188 Å². The molecule has 3 rings (SSSR count). The predicted octanol–water partition coefficient (Wildman–Crippen LogP) is 2.31. The normalized spacial score (nSPS) is 11.5. The lowest BCUT2D eigenvalue weighted by Crippen LogP contribution is -2.43. The van der Waals surface area contributed by atoms with E-state index in [2.05, 4.69) is 15.6 Å². The van der Waals surface area contributed by atoms with Gasteiger partial charge in [-0.3, -0.25) is 19.7 Å². The van der Waals surface area contributed by atoms with Crippen LogP contribution in [0.2, 0.25) is 0 Å². The van der Waals surface area contributed by atoms with Gasteiger partial charge in [0.2, 0.25) is 5.91 Å². The second kappa shape index (κ2) is 10.3. The van der Waals surface area contributed by atoms with E-state index in [1.54, 1.807) is 6.20 Å². The van der Waals surface area contributed by atoms with Gasteiger partial charge in [-0.05, 0) is 17.7 Å². The molecule has 1 atom stereocenters. The highest BCUT2D eigenvalue weighted by Gasteiger charge is 2.24. The summed E-state index contributed by atoms with van der Waals surface area (Å²) in [7, 11) is 1.30. The summed E-state index contributed by atoms with van der Waals surface area (Å²) in [4.78, 5) is 49.9. The first kappa shape index (κ1) is 23.3. The fourth-order valence-corrected chi connectivity index (χ4v) is 3.28. The van der Waals surface area contributed by atoms with Gasteiger partial charge in [-0.15, -0.1) is 0 Å². The van der Waals surface area contributed by atoms with Crippen LogP contribution in [-0.4, -0.2) is 47.4 Å². The van der Waals surface area contributed by atoms with Gasteiger partial charge >= 0.3 is 5.97 Å². The van der Waals surface area contributed by atoms with Crippen molar-refractivity contribution in [3.05, 3.63) is 64.3 Å². The number of nitrogens with zero attached hydrogens (tertiary/aromatic N) is 1. The summed E-state index contributed by atoms with van der Waals surface area (Å²) in [6.45, 7) is 0.659. The van der Waals surface area contributed by atoms with Crippen LogP contribution in [0.25, 0.3) is 10.9 Å². The van der Waals surface area contributed by atoms with Crippen molar-refractivity contribution in [3.63, 3.8) is 0 Å². The van der Waals surface area contributed by atoms with Crippen molar-refractivity contribution in [2.24, 2.45) is 0 Å². The van der Waals surface area contributed by atoms with Crippen LogP contribution in [0.3, 0.4) is 0 Å².